The van der Waals surface area contributed by atoms with E-state index in [4.69, 9.17) is 27.9 Å². The van der Waals surface area contributed by atoms with Crippen molar-refractivity contribution in [2.45, 2.75) is 19.6 Å². The summed E-state index contributed by atoms with van der Waals surface area (Å²) in [4.78, 5) is 11.8. The Morgan fingerprint density at radius 3 is 2.39 bits per heavy atom. The molecule has 1 aliphatic rings. The van der Waals surface area contributed by atoms with Gasteiger partial charge in [-0.3, -0.25) is 4.79 Å². The van der Waals surface area contributed by atoms with E-state index in [1.54, 1.807) is 0 Å². The molecule has 0 fully saturated rings. The Labute approximate surface area is 163 Å². The van der Waals surface area contributed by atoms with Gasteiger partial charge in [-0.05, 0) is 30.7 Å². The molecule has 2 aromatic carbocycles. The summed E-state index contributed by atoms with van der Waals surface area (Å²) in [6.07, 6.45) is -8.88. The number of hydrogen-bond donors (Lipinski definition) is 0. The molecule has 3 rings (SSSR count). The molecule has 1 heterocycles. The fourth-order valence-electron chi connectivity index (χ4n) is 2.41. The zero-order chi connectivity index (χ0) is 20.9. The molecule has 12 heteroatoms. The molecule has 0 N–H and O–H groups in total. The van der Waals surface area contributed by atoms with Crippen molar-refractivity contribution < 1.29 is 45.7 Å². The van der Waals surface area contributed by atoms with E-state index in [2.05, 4.69) is 14.2 Å². The average Bonchev–Trinajstić information content (AvgIpc) is 2.83. The molecule has 2 aromatic rings. The van der Waals surface area contributed by atoms with E-state index in [1.165, 1.54) is 6.92 Å². The topological polar surface area (TPSA) is 54.0 Å². The fourth-order valence-corrected chi connectivity index (χ4v) is 2.86. The Morgan fingerprint density at radius 1 is 1.14 bits per heavy atom. The monoisotopic (exact) mass is 444 g/mol. The Morgan fingerprint density at radius 2 is 1.82 bits per heavy atom. The van der Waals surface area contributed by atoms with Gasteiger partial charge in [0, 0.05) is 17.7 Å². The number of halogens is 7. The molecular weight excluding hydrogens is 438 g/mol. The number of fused-ring (bicyclic) bond motifs is 1. The van der Waals surface area contributed by atoms with Gasteiger partial charge in [0.1, 0.15) is 17.2 Å². The highest BCUT2D eigenvalue weighted by Gasteiger charge is 2.45. The molecule has 0 amide bonds. The van der Waals surface area contributed by atoms with Gasteiger partial charge in [0.2, 0.25) is 0 Å². The largest absolute Gasteiger partial charge is 0.586 e. The lowest BCUT2D eigenvalue weighted by Crippen LogP contribution is -2.26. The third-order valence-electron chi connectivity index (χ3n) is 3.45. The lowest BCUT2D eigenvalue weighted by molar-refractivity contribution is -0.287. The smallest absolute Gasteiger partial charge is 0.455 e. The number of benzene rings is 2. The normalized spacial score (nSPS) is 14.7. The lowest BCUT2D eigenvalue weighted by Gasteiger charge is -2.14. The highest BCUT2D eigenvalue weighted by molar-refractivity contribution is 6.68. The van der Waals surface area contributed by atoms with Crippen molar-refractivity contribution >= 4 is 28.4 Å². The van der Waals surface area contributed by atoms with Crippen LogP contribution in [0.2, 0.25) is 5.02 Å². The highest BCUT2D eigenvalue weighted by atomic mass is 35.5. The van der Waals surface area contributed by atoms with Crippen molar-refractivity contribution in [3.8, 4) is 28.7 Å². The van der Waals surface area contributed by atoms with Gasteiger partial charge in [-0.25, -0.2) is 0 Å². The first kappa shape index (κ1) is 20.3. The Bertz CT molecular complexity index is 961. The van der Waals surface area contributed by atoms with Gasteiger partial charge >= 0.3 is 12.7 Å². The van der Waals surface area contributed by atoms with Gasteiger partial charge in [-0.1, -0.05) is 11.6 Å². The second-order valence-electron chi connectivity index (χ2n) is 5.39. The first-order valence-electron chi connectivity index (χ1n) is 7.23. The molecule has 0 saturated carbocycles. The first-order valence-corrected chi connectivity index (χ1v) is 7.98. The van der Waals surface area contributed by atoms with Crippen LogP contribution in [0, 0.1) is 6.92 Å². The van der Waals surface area contributed by atoms with Crippen LogP contribution in [-0.4, -0.2) is 17.9 Å². The van der Waals surface area contributed by atoms with E-state index < -0.39 is 35.1 Å². The number of carbonyl (C=O) groups is 1. The van der Waals surface area contributed by atoms with Crippen LogP contribution in [0.25, 0.3) is 0 Å². The highest BCUT2D eigenvalue weighted by Crippen LogP contribution is 2.49. The molecule has 0 radical (unpaired) electrons. The molecule has 0 spiro atoms. The predicted molar refractivity (Wildman–Crippen MR) is 85.8 cm³/mol. The van der Waals surface area contributed by atoms with Gasteiger partial charge in [-0.2, -0.15) is 0 Å². The summed E-state index contributed by atoms with van der Waals surface area (Å²) in [6.45, 7) is 1.27. The van der Waals surface area contributed by atoms with Gasteiger partial charge in [0.15, 0.2) is 11.5 Å². The van der Waals surface area contributed by atoms with E-state index in [9.17, 15) is 26.7 Å². The SMILES string of the molecule is Cc1c2c(cc(Oc3ccc(OC(F)(F)F)cc3Cl)c1C(=O)Cl)OC(F)(F)O2. The number of rotatable bonds is 4. The number of hydrogen-bond acceptors (Lipinski definition) is 5. The van der Waals surface area contributed by atoms with Gasteiger partial charge < -0.3 is 18.9 Å². The van der Waals surface area contributed by atoms with Crippen LogP contribution in [0.4, 0.5) is 22.0 Å². The Kier molecular flexibility index (Phi) is 4.96. The van der Waals surface area contributed by atoms with Crippen LogP contribution < -0.4 is 18.9 Å². The number of ether oxygens (including phenoxy) is 4. The van der Waals surface area contributed by atoms with E-state index in [1.807, 2.05) is 0 Å². The minimum Gasteiger partial charge on any atom is -0.455 e. The van der Waals surface area contributed by atoms with Crippen LogP contribution >= 0.6 is 23.2 Å². The molecule has 5 nitrogen and oxygen atoms in total. The third-order valence-corrected chi connectivity index (χ3v) is 3.94. The van der Waals surface area contributed by atoms with Crippen LogP contribution in [-0.2, 0) is 0 Å². The number of carbonyl (C=O) groups excluding carboxylic acids is 1. The Balaban J connectivity index is 1.99. The summed E-state index contributed by atoms with van der Waals surface area (Å²) in [5.74, 6) is -1.95. The molecule has 0 aromatic heterocycles. The quantitative estimate of drug-likeness (QED) is 0.425. The van der Waals surface area contributed by atoms with Crippen molar-refractivity contribution in [1.82, 2.24) is 0 Å². The molecule has 0 unspecified atom stereocenters. The van der Waals surface area contributed by atoms with Crippen LogP contribution in [0.15, 0.2) is 24.3 Å². The third kappa shape index (κ3) is 4.17. The maximum Gasteiger partial charge on any atom is 0.586 e. The maximum atomic E-state index is 13.3. The van der Waals surface area contributed by atoms with Crippen LogP contribution in [0.3, 0.4) is 0 Å². The minimum atomic E-state index is -4.93. The summed E-state index contributed by atoms with van der Waals surface area (Å²) in [5.41, 5.74) is -0.397. The average molecular weight is 445 g/mol. The van der Waals surface area contributed by atoms with Crippen molar-refractivity contribution in [3.63, 3.8) is 0 Å². The van der Waals surface area contributed by atoms with Crippen LogP contribution in [0.1, 0.15) is 15.9 Å². The number of alkyl halides is 5. The summed E-state index contributed by atoms with van der Waals surface area (Å²) >= 11 is 11.4. The van der Waals surface area contributed by atoms with Crippen LogP contribution in [0.5, 0.6) is 28.7 Å². The van der Waals surface area contributed by atoms with Crippen molar-refractivity contribution in [2.24, 2.45) is 0 Å². The Hall–Kier alpha value is -2.46. The molecule has 1 aliphatic heterocycles. The van der Waals surface area contributed by atoms with Gasteiger partial charge in [0.25, 0.3) is 5.24 Å². The van der Waals surface area contributed by atoms with E-state index in [0.29, 0.717) is 0 Å². The predicted octanol–water partition coefficient (Wildman–Crippen LogP) is 6.04. The van der Waals surface area contributed by atoms with E-state index in [0.717, 1.165) is 24.3 Å². The molecule has 0 saturated heterocycles. The van der Waals surface area contributed by atoms with Gasteiger partial charge in [0.05, 0.1) is 10.6 Å². The summed E-state index contributed by atoms with van der Waals surface area (Å²) in [5, 5.41) is -1.36. The zero-order valence-corrected chi connectivity index (χ0v) is 15.0. The second kappa shape index (κ2) is 6.85. The summed E-state index contributed by atoms with van der Waals surface area (Å²) < 4.78 is 81.2. The molecule has 28 heavy (non-hydrogen) atoms. The standard InChI is InChI=1S/C16H7Cl2F5O5/c1-6-12(14(18)24)10(5-11-13(6)28-16(22,23)27-11)25-9-3-2-7(4-8(9)17)26-15(19,20)21/h2-5H,1H3. The molecule has 0 bridgehead atoms. The first-order chi connectivity index (χ1) is 12.9. The zero-order valence-electron chi connectivity index (χ0n) is 13.5. The molecular formula is C16H7Cl2F5O5. The molecule has 150 valence electrons. The van der Waals surface area contributed by atoms with Crippen molar-refractivity contribution in [3.05, 3.63) is 40.4 Å². The minimum absolute atomic E-state index is 0.0853. The van der Waals surface area contributed by atoms with Crippen molar-refractivity contribution in [2.75, 3.05) is 0 Å². The molecule has 0 atom stereocenters. The second-order valence-corrected chi connectivity index (χ2v) is 6.14. The van der Waals surface area contributed by atoms with Crippen molar-refractivity contribution in [1.29, 1.82) is 0 Å². The summed E-state index contributed by atoms with van der Waals surface area (Å²) in [7, 11) is 0. The van der Waals surface area contributed by atoms with Gasteiger partial charge in [-0.15, -0.1) is 22.0 Å². The van der Waals surface area contributed by atoms with E-state index in [-0.39, 0.29) is 27.6 Å². The summed E-state index contributed by atoms with van der Waals surface area (Å²) in [6, 6.07) is 3.68. The maximum absolute atomic E-state index is 13.3. The lowest BCUT2D eigenvalue weighted by atomic mass is 10.1. The molecule has 0 aliphatic carbocycles. The fraction of sp³-hybridized carbons (Fsp3) is 0.188. The van der Waals surface area contributed by atoms with E-state index >= 15 is 0 Å².